The molecule has 0 saturated heterocycles. The Hall–Kier alpha value is -2.90. The fourth-order valence-corrected chi connectivity index (χ4v) is 2.56. The zero-order chi connectivity index (χ0) is 20.4. The van der Waals surface area contributed by atoms with Crippen molar-refractivity contribution < 1.29 is 23.9 Å². The van der Waals surface area contributed by atoms with Crippen molar-refractivity contribution in [2.24, 2.45) is 11.7 Å². The minimum absolute atomic E-state index is 0.0119. The number of esters is 1. The first-order valence-electron chi connectivity index (χ1n) is 8.81. The molecule has 3 atom stereocenters. The maximum atomic E-state index is 12.6. The molecule has 0 aromatic heterocycles. The number of rotatable bonds is 10. The van der Waals surface area contributed by atoms with Crippen LogP contribution in [0.4, 0.5) is 0 Å². The molecule has 0 saturated carbocycles. The summed E-state index contributed by atoms with van der Waals surface area (Å²) < 4.78 is 4.91. The zero-order valence-corrected chi connectivity index (χ0v) is 15.9. The highest BCUT2D eigenvalue weighted by atomic mass is 16.5. The van der Waals surface area contributed by atoms with Crippen LogP contribution in [-0.2, 0) is 30.3 Å². The molecule has 0 unspecified atom stereocenters. The van der Waals surface area contributed by atoms with E-state index in [9.17, 15) is 19.2 Å². The van der Waals surface area contributed by atoms with Crippen molar-refractivity contribution in [3.05, 3.63) is 35.9 Å². The molecule has 8 nitrogen and oxygen atoms in total. The second kappa shape index (κ2) is 10.9. The minimum atomic E-state index is -1.05. The Kier molecular flexibility index (Phi) is 8.98. The Morgan fingerprint density at radius 1 is 1.07 bits per heavy atom. The molecule has 0 fully saturated rings. The van der Waals surface area contributed by atoms with Crippen molar-refractivity contribution in [1.82, 2.24) is 10.6 Å². The Morgan fingerprint density at radius 2 is 1.70 bits per heavy atom. The van der Waals surface area contributed by atoms with Gasteiger partial charge in [-0.05, 0) is 18.9 Å². The fourth-order valence-electron chi connectivity index (χ4n) is 2.56. The number of nitrogens with two attached hydrogens (primary N) is 1. The van der Waals surface area contributed by atoms with Crippen molar-refractivity contribution in [3.8, 4) is 0 Å². The number of carbonyl (C=O) groups is 4. The van der Waals surface area contributed by atoms with Crippen LogP contribution in [0.5, 0.6) is 0 Å². The van der Waals surface area contributed by atoms with Crippen LogP contribution < -0.4 is 16.4 Å². The molecule has 1 aromatic carbocycles. The molecule has 0 spiro atoms. The van der Waals surface area contributed by atoms with E-state index in [2.05, 4.69) is 10.6 Å². The van der Waals surface area contributed by atoms with Crippen LogP contribution in [0, 0.1) is 5.92 Å². The Labute approximate surface area is 158 Å². The molecular weight excluding hydrogens is 350 g/mol. The van der Waals surface area contributed by atoms with Crippen molar-refractivity contribution in [2.45, 2.75) is 45.7 Å². The number of ether oxygens (including phenoxy) is 1. The van der Waals surface area contributed by atoms with Crippen LogP contribution in [-0.4, -0.2) is 42.4 Å². The van der Waals surface area contributed by atoms with Crippen molar-refractivity contribution in [1.29, 1.82) is 0 Å². The summed E-state index contributed by atoms with van der Waals surface area (Å²) in [4.78, 5) is 47.6. The second-order valence-corrected chi connectivity index (χ2v) is 6.30. The molecule has 1 aromatic rings. The van der Waals surface area contributed by atoms with E-state index in [1.165, 1.54) is 6.92 Å². The van der Waals surface area contributed by atoms with E-state index in [1.807, 2.05) is 30.3 Å². The highest BCUT2D eigenvalue weighted by Gasteiger charge is 2.28. The summed E-state index contributed by atoms with van der Waals surface area (Å²) in [6, 6.07) is 7.23. The second-order valence-electron chi connectivity index (χ2n) is 6.30. The standard InChI is InChI=1S/C19H27N3O5/c1-4-27-19(26)12(2)10-15(17(20)24)22-18(25)16(21-13(3)23)11-14-8-6-5-7-9-14/h5-9,12,15-16H,4,10-11H2,1-3H3,(H2,20,24)(H,21,23)(H,22,25)/t12-,15+,16+/m1/s1. The largest absolute Gasteiger partial charge is 0.466 e. The van der Waals surface area contributed by atoms with E-state index in [4.69, 9.17) is 10.5 Å². The predicted molar refractivity (Wildman–Crippen MR) is 99.3 cm³/mol. The van der Waals surface area contributed by atoms with E-state index < -0.39 is 35.8 Å². The summed E-state index contributed by atoms with van der Waals surface area (Å²) in [5.41, 5.74) is 6.22. The van der Waals surface area contributed by atoms with Crippen LogP contribution in [0.25, 0.3) is 0 Å². The zero-order valence-electron chi connectivity index (χ0n) is 15.9. The maximum absolute atomic E-state index is 12.6. The van der Waals surface area contributed by atoms with Gasteiger partial charge in [-0.3, -0.25) is 19.2 Å². The van der Waals surface area contributed by atoms with Gasteiger partial charge >= 0.3 is 5.97 Å². The topological polar surface area (TPSA) is 128 Å². The quantitative estimate of drug-likeness (QED) is 0.505. The van der Waals surface area contributed by atoms with Gasteiger partial charge in [0.15, 0.2) is 0 Å². The summed E-state index contributed by atoms with van der Waals surface area (Å²) in [6.07, 6.45) is 0.267. The van der Waals surface area contributed by atoms with Crippen LogP contribution in [0.3, 0.4) is 0 Å². The summed E-state index contributed by atoms with van der Waals surface area (Å²) in [5.74, 6) is -2.77. The van der Waals surface area contributed by atoms with Crippen LogP contribution in [0.15, 0.2) is 30.3 Å². The monoisotopic (exact) mass is 377 g/mol. The number of primary amides is 1. The third-order valence-electron chi connectivity index (χ3n) is 3.91. The van der Waals surface area contributed by atoms with Gasteiger partial charge in [-0.2, -0.15) is 0 Å². The maximum Gasteiger partial charge on any atom is 0.308 e. The number of nitrogens with one attached hydrogen (secondary N) is 2. The first-order chi connectivity index (χ1) is 12.7. The Balaban J connectivity index is 2.83. The van der Waals surface area contributed by atoms with E-state index in [0.29, 0.717) is 0 Å². The molecule has 0 heterocycles. The van der Waals surface area contributed by atoms with Crippen molar-refractivity contribution >= 4 is 23.7 Å². The van der Waals surface area contributed by atoms with Gasteiger partial charge in [0, 0.05) is 13.3 Å². The Morgan fingerprint density at radius 3 is 2.22 bits per heavy atom. The minimum Gasteiger partial charge on any atom is -0.466 e. The number of hydrogen-bond donors (Lipinski definition) is 3. The molecule has 0 radical (unpaired) electrons. The number of hydrogen-bond acceptors (Lipinski definition) is 5. The van der Waals surface area contributed by atoms with Gasteiger partial charge in [0.1, 0.15) is 12.1 Å². The van der Waals surface area contributed by atoms with Crippen LogP contribution >= 0.6 is 0 Å². The van der Waals surface area contributed by atoms with E-state index >= 15 is 0 Å². The highest BCUT2D eigenvalue weighted by molar-refractivity contribution is 5.91. The van der Waals surface area contributed by atoms with Gasteiger partial charge in [0.2, 0.25) is 17.7 Å². The summed E-state index contributed by atoms with van der Waals surface area (Å²) in [6.45, 7) is 4.80. The first kappa shape index (κ1) is 22.1. The van der Waals surface area contributed by atoms with Gasteiger partial charge < -0.3 is 21.1 Å². The average molecular weight is 377 g/mol. The van der Waals surface area contributed by atoms with Gasteiger partial charge in [0.25, 0.3) is 0 Å². The molecule has 3 amide bonds. The summed E-state index contributed by atoms with van der Waals surface area (Å²) >= 11 is 0. The number of carbonyl (C=O) groups excluding carboxylic acids is 4. The normalized spacial score (nSPS) is 13.7. The molecule has 27 heavy (non-hydrogen) atoms. The van der Waals surface area contributed by atoms with Crippen molar-refractivity contribution in [3.63, 3.8) is 0 Å². The fraction of sp³-hybridized carbons (Fsp3) is 0.474. The third kappa shape index (κ3) is 7.89. The molecule has 4 N–H and O–H groups in total. The highest BCUT2D eigenvalue weighted by Crippen LogP contribution is 2.10. The SMILES string of the molecule is CCOC(=O)[C@H](C)C[C@H](NC(=O)[C@H](Cc1ccccc1)NC(C)=O)C(N)=O. The molecule has 0 bridgehead atoms. The lowest BCUT2D eigenvalue weighted by atomic mass is 10.00. The molecule has 8 heteroatoms. The van der Waals surface area contributed by atoms with E-state index in [-0.39, 0.29) is 25.4 Å². The molecule has 0 aliphatic heterocycles. The van der Waals surface area contributed by atoms with Gasteiger partial charge in [0.05, 0.1) is 12.5 Å². The van der Waals surface area contributed by atoms with Crippen molar-refractivity contribution in [2.75, 3.05) is 6.61 Å². The smallest absolute Gasteiger partial charge is 0.308 e. The molecule has 0 aliphatic carbocycles. The van der Waals surface area contributed by atoms with Crippen LogP contribution in [0.2, 0.25) is 0 Å². The molecule has 148 valence electrons. The first-order valence-corrected chi connectivity index (χ1v) is 8.81. The van der Waals surface area contributed by atoms with Gasteiger partial charge in [-0.25, -0.2) is 0 Å². The third-order valence-corrected chi connectivity index (χ3v) is 3.91. The van der Waals surface area contributed by atoms with Gasteiger partial charge in [-0.15, -0.1) is 0 Å². The summed E-state index contributed by atoms with van der Waals surface area (Å²) in [7, 11) is 0. The lowest BCUT2D eigenvalue weighted by Gasteiger charge is -2.23. The molecule has 0 aliphatic rings. The van der Waals surface area contributed by atoms with Gasteiger partial charge in [-0.1, -0.05) is 37.3 Å². The number of benzene rings is 1. The molecular formula is C19H27N3O5. The van der Waals surface area contributed by atoms with E-state index in [1.54, 1.807) is 13.8 Å². The molecule has 1 rings (SSSR count). The lowest BCUT2D eigenvalue weighted by molar-refractivity contribution is -0.148. The Bertz CT molecular complexity index is 663. The van der Waals surface area contributed by atoms with E-state index in [0.717, 1.165) is 5.56 Å². The lowest BCUT2D eigenvalue weighted by Crippen LogP contribution is -2.54. The van der Waals surface area contributed by atoms with Crippen LogP contribution in [0.1, 0.15) is 32.8 Å². The average Bonchev–Trinajstić information content (AvgIpc) is 2.61. The number of amides is 3. The predicted octanol–water partition coefficient (Wildman–Crippen LogP) is 0.293. The summed E-state index contributed by atoms with van der Waals surface area (Å²) in [5, 5.41) is 5.11.